The number of nitrogens with zero attached hydrogens (tertiary/aromatic N) is 2. The molecule has 0 saturated heterocycles. The Morgan fingerprint density at radius 2 is 1.86 bits per heavy atom. The van der Waals surface area contributed by atoms with E-state index in [0.717, 1.165) is 31.9 Å². The second kappa shape index (κ2) is 8.73. The maximum absolute atomic E-state index is 12.3. The summed E-state index contributed by atoms with van der Waals surface area (Å²) in [6.07, 6.45) is 1.55. The quantitative estimate of drug-likeness (QED) is 0.331. The molecular formula is C21H16ClN3OS2. The molecule has 0 bridgehead atoms. The van der Waals surface area contributed by atoms with Gasteiger partial charge in [-0.1, -0.05) is 65.8 Å². The van der Waals surface area contributed by atoms with E-state index in [1.165, 1.54) is 11.8 Å². The molecule has 0 atom stereocenters. The van der Waals surface area contributed by atoms with Crippen molar-refractivity contribution < 1.29 is 4.79 Å². The van der Waals surface area contributed by atoms with Crippen molar-refractivity contribution in [3.05, 3.63) is 76.9 Å². The molecule has 2 heterocycles. The summed E-state index contributed by atoms with van der Waals surface area (Å²) in [5, 5.41) is 7.51. The predicted molar refractivity (Wildman–Crippen MR) is 117 cm³/mol. The van der Waals surface area contributed by atoms with Gasteiger partial charge in [0.15, 0.2) is 0 Å². The number of benzene rings is 2. The summed E-state index contributed by atoms with van der Waals surface area (Å²) in [6.45, 7) is 0.522. The highest BCUT2D eigenvalue weighted by Crippen LogP contribution is 2.38. The van der Waals surface area contributed by atoms with Crippen LogP contribution >= 0.6 is 34.7 Å². The normalized spacial score (nSPS) is 10.9. The summed E-state index contributed by atoms with van der Waals surface area (Å²) in [4.78, 5) is 22.0. The largest absolute Gasteiger partial charge is 0.351 e. The van der Waals surface area contributed by atoms with Crippen molar-refractivity contribution in [3.8, 4) is 11.1 Å². The number of fused-ring (bicyclic) bond motifs is 1. The highest BCUT2D eigenvalue weighted by atomic mass is 35.5. The minimum Gasteiger partial charge on any atom is -0.351 e. The van der Waals surface area contributed by atoms with E-state index in [-0.39, 0.29) is 5.91 Å². The van der Waals surface area contributed by atoms with Crippen LogP contribution in [-0.4, -0.2) is 21.6 Å². The van der Waals surface area contributed by atoms with E-state index in [4.69, 9.17) is 11.6 Å². The minimum atomic E-state index is -0.0242. The van der Waals surface area contributed by atoms with Crippen molar-refractivity contribution in [2.45, 2.75) is 11.6 Å². The van der Waals surface area contributed by atoms with Gasteiger partial charge in [0.25, 0.3) is 0 Å². The molecule has 7 heteroatoms. The fourth-order valence-corrected chi connectivity index (χ4v) is 4.73. The number of carbonyl (C=O) groups excluding carboxylic acids is 1. The van der Waals surface area contributed by atoms with Crippen molar-refractivity contribution in [3.63, 3.8) is 0 Å². The number of hydrogen-bond acceptors (Lipinski definition) is 5. The molecule has 0 fully saturated rings. The first-order valence-electron chi connectivity index (χ1n) is 8.62. The molecule has 4 aromatic rings. The third-order valence-corrected chi connectivity index (χ3v) is 6.29. The van der Waals surface area contributed by atoms with E-state index in [1.807, 2.05) is 54.6 Å². The molecule has 28 heavy (non-hydrogen) atoms. The second-order valence-electron chi connectivity index (χ2n) is 6.07. The SMILES string of the molecule is O=C(CSc1ncnc2scc(-c3ccc(Cl)cc3)c12)NCc1ccccc1. The van der Waals surface area contributed by atoms with Crippen molar-refractivity contribution in [1.82, 2.24) is 15.3 Å². The summed E-state index contributed by atoms with van der Waals surface area (Å²) in [5.41, 5.74) is 3.19. The zero-order valence-electron chi connectivity index (χ0n) is 14.8. The van der Waals surface area contributed by atoms with Gasteiger partial charge in [-0.3, -0.25) is 4.79 Å². The summed E-state index contributed by atoms with van der Waals surface area (Å²) in [7, 11) is 0. The van der Waals surface area contributed by atoms with Crippen LogP contribution in [0.4, 0.5) is 0 Å². The molecule has 0 saturated carbocycles. The Balaban J connectivity index is 1.50. The Hall–Kier alpha value is -2.41. The number of nitrogens with one attached hydrogen (secondary N) is 1. The number of thioether (sulfide) groups is 1. The molecule has 0 unspecified atom stereocenters. The fourth-order valence-electron chi connectivity index (χ4n) is 2.78. The lowest BCUT2D eigenvalue weighted by atomic mass is 10.1. The number of hydrogen-bond donors (Lipinski definition) is 1. The van der Waals surface area contributed by atoms with Crippen molar-refractivity contribution in [2.24, 2.45) is 0 Å². The number of thiophene rings is 1. The smallest absolute Gasteiger partial charge is 0.230 e. The summed E-state index contributed by atoms with van der Waals surface area (Å²) < 4.78 is 0. The van der Waals surface area contributed by atoms with Crippen LogP contribution < -0.4 is 5.32 Å². The van der Waals surface area contributed by atoms with Gasteiger partial charge in [0.2, 0.25) is 5.91 Å². The van der Waals surface area contributed by atoms with Gasteiger partial charge in [0, 0.05) is 22.5 Å². The zero-order valence-corrected chi connectivity index (χ0v) is 17.2. The molecule has 1 N–H and O–H groups in total. The molecule has 140 valence electrons. The van der Waals surface area contributed by atoms with Crippen LogP contribution in [0.25, 0.3) is 21.3 Å². The maximum Gasteiger partial charge on any atom is 0.230 e. The third-order valence-electron chi connectivity index (χ3n) is 4.16. The number of aromatic nitrogens is 2. The highest BCUT2D eigenvalue weighted by Gasteiger charge is 2.14. The molecule has 0 aliphatic rings. The Bertz CT molecular complexity index is 1100. The van der Waals surface area contributed by atoms with Crippen LogP contribution in [0, 0.1) is 0 Å². The van der Waals surface area contributed by atoms with E-state index in [0.29, 0.717) is 17.3 Å². The first kappa shape index (κ1) is 18.9. The third kappa shape index (κ3) is 4.35. The highest BCUT2D eigenvalue weighted by molar-refractivity contribution is 8.00. The molecule has 0 spiro atoms. The standard InChI is InChI=1S/C21H16ClN3OS2/c22-16-8-6-15(7-9-16)17-11-27-20-19(17)21(25-13-24-20)28-12-18(26)23-10-14-4-2-1-3-5-14/h1-9,11,13H,10,12H2,(H,23,26). The van der Waals surface area contributed by atoms with Crippen LogP contribution in [0.5, 0.6) is 0 Å². The molecule has 4 nitrogen and oxygen atoms in total. The molecule has 2 aromatic carbocycles. The first-order chi connectivity index (χ1) is 13.7. The van der Waals surface area contributed by atoms with Gasteiger partial charge in [0.05, 0.1) is 11.1 Å². The minimum absolute atomic E-state index is 0.0242. The second-order valence-corrected chi connectivity index (χ2v) is 8.32. The Morgan fingerprint density at radius 1 is 1.07 bits per heavy atom. The van der Waals surface area contributed by atoms with Crippen LogP contribution in [0.3, 0.4) is 0 Å². The van der Waals surface area contributed by atoms with E-state index in [9.17, 15) is 4.79 Å². The molecule has 0 radical (unpaired) electrons. The number of halogens is 1. The van der Waals surface area contributed by atoms with Gasteiger partial charge < -0.3 is 5.32 Å². The van der Waals surface area contributed by atoms with Gasteiger partial charge in [-0.05, 0) is 23.3 Å². The Morgan fingerprint density at radius 3 is 2.64 bits per heavy atom. The van der Waals surface area contributed by atoms with E-state index >= 15 is 0 Å². The zero-order chi connectivity index (χ0) is 19.3. The van der Waals surface area contributed by atoms with Gasteiger partial charge in [-0.25, -0.2) is 9.97 Å². The summed E-state index contributed by atoms with van der Waals surface area (Å²) in [6, 6.07) is 17.6. The lowest BCUT2D eigenvalue weighted by Gasteiger charge is -2.07. The van der Waals surface area contributed by atoms with Crippen LogP contribution in [0.1, 0.15) is 5.56 Å². The number of rotatable bonds is 6. The molecule has 0 aliphatic heterocycles. The van der Waals surface area contributed by atoms with E-state index < -0.39 is 0 Å². The first-order valence-corrected chi connectivity index (χ1v) is 10.9. The average molecular weight is 426 g/mol. The van der Waals surface area contributed by atoms with Crippen molar-refractivity contribution in [2.75, 3.05) is 5.75 Å². The summed E-state index contributed by atoms with van der Waals surface area (Å²) >= 11 is 9.01. The van der Waals surface area contributed by atoms with Crippen molar-refractivity contribution >= 4 is 50.8 Å². The van der Waals surface area contributed by atoms with E-state index in [1.54, 1.807) is 17.7 Å². The fraction of sp³-hybridized carbons (Fsp3) is 0.0952. The molecule has 1 amide bonds. The number of carbonyl (C=O) groups is 1. The van der Waals surface area contributed by atoms with E-state index in [2.05, 4.69) is 20.7 Å². The van der Waals surface area contributed by atoms with Crippen LogP contribution in [0.2, 0.25) is 5.02 Å². The van der Waals surface area contributed by atoms with Crippen molar-refractivity contribution in [1.29, 1.82) is 0 Å². The molecule has 2 aromatic heterocycles. The topological polar surface area (TPSA) is 54.9 Å². The van der Waals surface area contributed by atoms with Gasteiger partial charge in [0.1, 0.15) is 16.2 Å². The lowest BCUT2D eigenvalue weighted by Crippen LogP contribution is -2.24. The van der Waals surface area contributed by atoms with Gasteiger partial charge in [-0.2, -0.15) is 0 Å². The molecular weight excluding hydrogens is 410 g/mol. The van der Waals surface area contributed by atoms with Gasteiger partial charge in [-0.15, -0.1) is 11.3 Å². The monoisotopic (exact) mass is 425 g/mol. The maximum atomic E-state index is 12.3. The molecule has 0 aliphatic carbocycles. The number of amides is 1. The Kier molecular flexibility index (Phi) is 5.90. The summed E-state index contributed by atoms with van der Waals surface area (Å²) in [5.74, 6) is 0.276. The van der Waals surface area contributed by atoms with Crippen LogP contribution in [0.15, 0.2) is 71.3 Å². The average Bonchev–Trinajstić information content (AvgIpc) is 3.17. The predicted octanol–water partition coefficient (Wildman–Crippen LogP) is 5.42. The Labute approximate surface area is 176 Å². The van der Waals surface area contributed by atoms with Gasteiger partial charge >= 0.3 is 0 Å². The van der Waals surface area contributed by atoms with Crippen LogP contribution in [-0.2, 0) is 11.3 Å². The molecule has 4 rings (SSSR count). The lowest BCUT2D eigenvalue weighted by molar-refractivity contribution is -0.118.